The van der Waals surface area contributed by atoms with E-state index in [4.69, 9.17) is 4.98 Å². The Kier molecular flexibility index (Phi) is 4.11. The van der Waals surface area contributed by atoms with E-state index in [0.717, 1.165) is 12.4 Å². The first kappa shape index (κ1) is 14.3. The number of hydrogen-bond donors (Lipinski definition) is 2. The molecule has 0 aliphatic heterocycles. The Bertz CT molecular complexity index is 565. The molecule has 0 unspecified atom stereocenters. The lowest BCUT2D eigenvalue weighted by molar-refractivity contribution is 0.502. The predicted octanol–water partition coefficient (Wildman–Crippen LogP) is 3.77. The number of hydrogen-bond acceptors (Lipinski definition) is 2. The van der Waals surface area contributed by atoms with Crippen LogP contribution in [0.2, 0.25) is 0 Å². The number of H-pyrrole nitrogens is 1. The Morgan fingerprint density at radius 3 is 2.57 bits per heavy atom. The molecule has 0 saturated heterocycles. The third kappa shape index (κ3) is 2.88. The minimum atomic E-state index is 0.0946. The molecule has 1 aliphatic rings. The average Bonchev–Trinajstić information content (AvgIpc) is 3.16. The SMILES string of the molecule is CC(C)NCc1cnc(C2(c3ccccc3)CCCC2)[nH]1. The lowest BCUT2D eigenvalue weighted by Crippen LogP contribution is -2.26. The summed E-state index contributed by atoms with van der Waals surface area (Å²) in [7, 11) is 0. The summed E-state index contributed by atoms with van der Waals surface area (Å²) in [6.07, 6.45) is 6.96. The largest absolute Gasteiger partial charge is 0.344 e. The Hall–Kier alpha value is -1.61. The van der Waals surface area contributed by atoms with Crippen molar-refractivity contribution in [1.82, 2.24) is 15.3 Å². The monoisotopic (exact) mass is 283 g/mol. The van der Waals surface area contributed by atoms with E-state index in [1.165, 1.54) is 36.9 Å². The summed E-state index contributed by atoms with van der Waals surface area (Å²) in [5.74, 6) is 1.15. The normalized spacial score (nSPS) is 17.5. The minimum absolute atomic E-state index is 0.0946. The molecule has 3 rings (SSSR count). The quantitative estimate of drug-likeness (QED) is 0.877. The van der Waals surface area contributed by atoms with Crippen LogP contribution in [0.5, 0.6) is 0 Å². The third-order valence-corrected chi connectivity index (χ3v) is 4.57. The van der Waals surface area contributed by atoms with Gasteiger partial charge in [-0.1, -0.05) is 57.0 Å². The lowest BCUT2D eigenvalue weighted by atomic mass is 9.78. The van der Waals surface area contributed by atoms with Gasteiger partial charge < -0.3 is 10.3 Å². The van der Waals surface area contributed by atoms with E-state index in [1.54, 1.807) is 0 Å². The summed E-state index contributed by atoms with van der Waals surface area (Å²) in [6.45, 7) is 5.19. The van der Waals surface area contributed by atoms with Crippen LogP contribution in [-0.2, 0) is 12.0 Å². The van der Waals surface area contributed by atoms with Gasteiger partial charge in [-0.25, -0.2) is 4.98 Å². The van der Waals surface area contributed by atoms with Gasteiger partial charge in [-0.15, -0.1) is 0 Å². The Morgan fingerprint density at radius 2 is 1.90 bits per heavy atom. The van der Waals surface area contributed by atoms with Crippen LogP contribution in [0.4, 0.5) is 0 Å². The van der Waals surface area contributed by atoms with Crippen LogP contribution < -0.4 is 5.32 Å². The molecule has 1 fully saturated rings. The molecule has 1 aliphatic carbocycles. The maximum absolute atomic E-state index is 4.73. The average molecular weight is 283 g/mol. The zero-order chi connectivity index (χ0) is 14.7. The third-order valence-electron chi connectivity index (χ3n) is 4.57. The van der Waals surface area contributed by atoms with E-state index < -0.39 is 0 Å². The van der Waals surface area contributed by atoms with Crippen molar-refractivity contribution in [3.63, 3.8) is 0 Å². The van der Waals surface area contributed by atoms with Crippen molar-refractivity contribution in [2.75, 3.05) is 0 Å². The van der Waals surface area contributed by atoms with Crippen LogP contribution in [0, 0.1) is 0 Å². The van der Waals surface area contributed by atoms with Crippen LogP contribution >= 0.6 is 0 Å². The predicted molar refractivity (Wildman–Crippen MR) is 86.3 cm³/mol. The van der Waals surface area contributed by atoms with E-state index in [1.807, 2.05) is 6.20 Å². The molecule has 0 radical (unpaired) electrons. The first-order valence-electron chi connectivity index (χ1n) is 8.04. The standard InChI is InChI=1S/C18H25N3/c1-14(2)19-12-16-13-20-17(21-16)18(10-6-7-11-18)15-8-4-3-5-9-15/h3-5,8-9,13-14,19H,6-7,10-12H2,1-2H3,(H,20,21). The maximum atomic E-state index is 4.73. The van der Waals surface area contributed by atoms with Crippen molar-refractivity contribution < 1.29 is 0 Å². The summed E-state index contributed by atoms with van der Waals surface area (Å²) in [4.78, 5) is 8.31. The molecule has 1 heterocycles. The van der Waals surface area contributed by atoms with Crippen molar-refractivity contribution in [3.05, 3.63) is 53.6 Å². The number of benzene rings is 1. The van der Waals surface area contributed by atoms with Gasteiger partial charge in [-0.3, -0.25) is 0 Å². The number of imidazole rings is 1. The van der Waals surface area contributed by atoms with E-state index in [2.05, 4.69) is 54.5 Å². The smallest absolute Gasteiger partial charge is 0.116 e. The van der Waals surface area contributed by atoms with Gasteiger partial charge in [-0.05, 0) is 18.4 Å². The van der Waals surface area contributed by atoms with Crippen LogP contribution in [0.25, 0.3) is 0 Å². The first-order valence-corrected chi connectivity index (χ1v) is 8.04. The fourth-order valence-electron chi connectivity index (χ4n) is 3.40. The van der Waals surface area contributed by atoms with Crippen LogP contribution in [0.1, 0.15) is 56.6 Å². The molecule has 3 heteroatoms. The van der Waals surface area contributed by atoms with Crippen molar-refractivity contribution in [3.8, 4) is 0 Å². The highest BCUT2D eigenvalue weighted by molar-refractivity contribution is 5.34. The summed E-state index contributed by atoms with van der Waals surface area (Å²) in [5, 5.41) is 3.45. The second-order valence-electron chi connectivity index (χ2n) is 6.45. The molecule has 1 aromatic heterocycles. The lowest BCUT2D eigenvalue weighted by Gasteiger charge is -2.27. The Labute approximate surface area is 127 Å². The molecule has 3 nitrogen and oxygen atoms in total. The first-order chi connectivity index (χ1) is 10.2. The molecule has 2 aromatic rings. The van der Waals surface area contributed by atoms with Crippen molar-refractivity contribution in [2.24, 2.45) is 0 Å². The van der Waals surface area contributed by atoms with Gasteiger partial charge in [0.1, 0.15) is 5.82 Å². The molecular weight excluding hydrogens is 258 g/mol. The minimum Gasteiger partial charge on any atom is -0.344 e. The topological polar surface area (TPSA) is 40.7 Å². The molecule has 2 N–H and O–H groups in total. The Morgan fingerprint density at radius 1 is 1.19 bits per heavy atom. The van der Waals surface area contributed by atoms with Gasteiger partial charge in [0.05, 0.1) is 5.41 Å². The number of rotatable bonds is 5. The highest BCUT2D eigenvalue weighted by Gasteiger charge is 2.39. The van der Waals surface area contributed by atoms with E-state index >= 15 is 0 Å². The van der Waals surface area contributed by atoms with Gasteiger partial charge in [0.2, 0.25) is 0 Å². The molecule has 0 atom stereocenters. The van der Waals surface area contributed by atoms with Gasteiger partial charge in [0, 0.05) is 24.5 Å². The molecule has 0 amide bonds. The number of nitrogens with one attached hydrogen (secondary N) is 2. The van der Waals surface area contributed by atoms with Gasteiger partial charge in [0.25, 0.3) is 0 Å². The second kappa shape index (κ2) is 6.02. The highest BCUT2D eigenvalue weighted by atomic mass is 15.0. The number of aromatic nitrogens is 2. The van der Waals surface area contributed by atoms with Crippen LogP contribution in [0.15, 0.2) is 36.5 Å². The Balaban J connectivity index is 1.88. The summed E-state index contributed by atoms with van der Waals surface area (Å²) < 4.78 is 0. The molecule has 1 saturated carbocycles. The zero-order valence-electron chi connectivity index (χ0n) is 13.0. The highest BCUT2D eigenvalue weighted by Crippen LogP contribution is 2.44. The molecule has 1 aromatic carbocycles. The van der Waals surface area contributed by atoms with Crippen molar-refractivity contribution in [1.29, 1.82) is 0 Å². The van der Waals surface area contributed by atoms with Crippen LogP contribution in [-0.4, -0.2) is 16.0 Å². The van der Waals surface area contributed by atoms with Gasteiger partial charge in [-0.2, -0.15) is 0 Å². The van der Waals surface area contributed by atoms with Crippen molar-refractivity contribution in [2.45, 2.75) is 57.5 Å². The molecule has 21 heavy (non-hydrogen) atoms. The molecule has 112 valence electrons. The molecule has 0 spiro atoms. The molecule has 0 bridgehead atoms. The summed E-state index contributed by atoms with van der Waals surface area (Å²) in [6, 6.07) is 11.4. The van der Waals surface area contributed by atoms with E-state index in [-0.39, 0.29) is 5.41 Å². The second-order valence-corrected chi connectivity index (χ2v) is 6.45. The summed E-state index contributed by atoms with van der Waals surface area (Å²) >= 11 is 0. The molecular formula is C18H25N3. The van der Waals surface area contributed by atoms with Crippen molar-refractivity contribution >= 4 is 0 Å². The number of nitrogens with zero attached hydrogens (tertiary/aromatic N) is 1. The van der Waals surface area contributed by atoms with Crippen LogP contribution in [0.3, 0.4) is 0 Å². The zero-order valence-corrected chi connectivity index (χ0v) is 13.0. The van der Waals surface area contributed by atoms with Gasteiger partial charge in [0.15, 0.2) is 0 Å². The number of aromatic amines is 1. The fourth-order valence-corrected chi connectivity index (χ4v) is 3.40. The van der Waals surface area contributed by atoms with Gasteiger partial charge >= 0.3 is 0 Å². The summed E-state index contributed by atoms with van der Waals surface area (Å²) in [5.41, 5.74) is 2.68. The van der Waals surface area contributed by atoms with E-state index in [0.29, 0.717) is 6.04 Å². The van der Waals surface area contributed by atoms with E-state index in [9.17, 15) is 0 Å². The maximum Gasteiger partial charge on any atom is 0.116 e. The fraction of sp³-hybridized carbons (Fsp3) is 0.500.